The van der Waals surface area contributed by atoms with E-state index in [4.69, 9.17) is 4.74 Å². The number of fused-ring (bicyclic) bond motifs is 1. The van der Waals surface area contributed by atoms with Crippen molar-refractivity contribution in [1.82, 2.24) is 10.6 Å². The molecule has 2 amide bonds. The lowest BCUT2D eigenvalue weighted by Gasteiger charge is -2.27. The molecule has 0 aromatic heterocycles. The number of carbonyl (C=O) groups excluding carboxylic acids is 2. The fraction of sp³-hybridized carbons (Fsp3) is 0.391. The summed E-state index contributed by atoms with van der Waals surface area (Å²) >= 11 is 0. The largest absolute Gasteiger partial charge is 0.493 e. The Kier molecular flexibility index (Phi) is 5.73. The van der Waals surface area contributed by atoms with Crippen molar-refractivity contribution in [3.8, 4) is 5.75 Å². The Morgan fingerprint density at radius 2 is 1.82 bits per heavy atom. The smallest absolute Gasteiger partial charge is 0.251 e. The molecule has 2 aromatic rings. The van der Waals surface area contributed by atoms with Crippen LogP contribution in [-0.4, -0.2) is 25.0 Å². The summed E-state index contributed by atoms with van der Waals surface area (Å²) in [5, 5.41) is 5.70. The Balaban J connectivity index is 1.56. The van der Waals surface area contributed by atoms with E-state index in [0.29, 0.717) is 18.6 Å². The molecule has 2 N–H and O–H groups in total. The molecule has 0 fully saturated rings. The van der Waals surface area contributed by atoms with Gasteiger partial charge in [0.1, 0.15) is 5.75 Å². The maximum absolute atomic E-state index is 12.4. The maximum Gasteiger partial charge on any atom is 0.251 e. The van der Waals surface area contributed by atoms with E-state index in [1.807, 2.05) is 37.3 Å². The number of benzene rings is 2. The molecule has 0 aliphatic carbocycles. The molecular weight excluding hydrogens is 352 g/mol. The number of amides is 2. The minimum atomic E-state index is -0.251. The molecule has 148 valence electrons. The fourth-order valence-electron chi connectivity index (χ4n) is 3.29. The minimum absolute atomic E-state index is 0.0350. The lowest BCUT2D eigenvalue weighted by atomic mass is 9.87. The summed E-state index contributed by atoms with van der Waals surface area (Å²) in [5.74, 6) is 0.350. The molecule has 5 nitrogen and oxygen atoms in total. The van der Waals surface area contributed by atoms with Gasteiger partial charge < -0.3 is 15.4 Å². The maximum atomic E-state index is 12.4. The molecule has 1 atom stereocenters. The molecule has 3 rings (SSSR count). The van der Waals surface area contributed by atoms with Gasteiger partial charge in [0.2, 0.25) is 5.91 Å². The van der Waals surface area contributed by atoms with Crippen LogP contribution in [-0.2, 0) is 10.2 Å². The van der Waals surface area contributed by atoms with E-state index in [-0.39, 0.29) is 29.8 Å². The van der Waals surface area contributed by atoms with Crippen molar-refractivity contribution in [1.29, 1.82) is 0 Å². The number of hydrogen-bond donors (Lipinski definition) is 2. The summed E-state index contributed by atoms with van der Waals surface area (Å²) in [6, 6.07) is 13.4. The predicted molar refractivity (Wildman–Crippen MR) is 110 cm³/mol. The molecule has 1 aliphatic rings. The standard InChI is InChI=1S/C23H28N2O3/c1-15-5-10-20-18(13-15)19(11-12-28-20)25-21(26)14-24-22(27)16-6-8-17(9-7-16)23(2,3)4/h5-10,13,19H,11-12,14H2,1-4H3,(H,24,27)(H,25,26). The SMILES string of the molecule is Cc1ccc2c(c1)C(NC(=O)CNC(=O)c1ccc(C(C)(C)C)cc1)CCO2. The summed E-state index contributed by atoms with van der Waals surface area (Å²) in [4.78, 5) is 24.7. The summed E-state index contributed by atoms with van der Waals surface area (Å²) in [7, 11) is 0. The third-order valence-corrected chi connectivity index (χ3v) is 4.96. The third kappa shape index (κ3) is 4.71. The predicted octanol–water partition coefficient (Wildman–Crippen LogP) is 3.66. The highest BCUT2D eigenvalue weighted by Gasteiger charge is 2.23. The van der Waals surface area contributed by atoms with Crippen LogP contribution in [0.25, 0.3) is 0 Å². The zero-order valence-electron chi connectivity index (χ0n) is 17.0. The number of nitrogens with one attached hydrogen (secondary N) is 2. The quantitative estimate of drug-likeness (QED) is 0.851. The highest BCUT2D eigenvalue weighted by molar-refractivity contribution is 5.96. The summed E-state index contributed by atoms with van der Waals surface area (Å²) < 4.78 is 5.66. The van der Waals surface area contributed by atoms with Crippen molar-refractivity contribution in [3.05, 3.63) is 64.7 Å². The van der Waals surface area contributed by atoms with Crippen molar-refractivity contribution in [3.63, 3.8) is 0 Å². The van der Waals surface area contributed by atoms with Crippen molar-refractivity contribution < 1.29 is 14.3 Å². The number of rotatable bonds is 4. The van der Waals surface area contributed by atoms with E-state index in [0.717, 1.165) is 22.4 Å². The molecule has 28 heavy (non-hydrogen) atoms. The number of aryl methyl sites for hydroxylation is 1. The molecule has 0 saturated heterocycles. The highest BCUT2D eigenvalue weighted by atomic mass is 16.5. The van der Waals surface area contributed by atoms with Crippen LogP contribution in [0.4, 0.5) is 0 Å². The lowest BCUT2D eigenvalue weighted by molar-refractivity contribution is -0.121. The molecule has 2 aromatic carbocycles. The van der Waals surface area contributed by atoms with Crippen LogP contribution >= 0.6 is 0 Å². The molecule has 1 heterocycles. The van der Waals surface area contributed by atoms with E-state index >= 15 is 0 Å². The first-order chi connectivity index (χ1) is 13.2. The molecule has 0 radical (unpaired) electrons. The summed E-state index contributed by atoms with van der Waals surface area (Å²) in [6.07, 6.45) is 0.713. The Morgan fingerprint density at radius 1 is 1.11 bits per heavy atom. The fourth-order valence-corrected chi connectivity index (χ4v) is 3.29. The normalized spacial score (nSPS) is 15.9. The van der Waals surface area contributed by atoms with Crippen molar-refractivity contribution in [2.75, 3.05) is 13.2 Å². The molecule has 0 bridgehead atoms. The van der Waals surface area contributed by atoms with Crippen molar-refractivity contribution in [2.24, 2.45) is 0 Å². The second-order valence-electron chi connectivity index (χ2n) is 8.31. The molecule has 0 saturated carbocycles. The lowest BCUT2D eigenvalue weighted by Crippen LogP contribution is -2.40. The Bertz CT molecular complexity index is 866. The van der Waals surface area contributed by atoms with Crippen LogP contribution in [0.15, 0.2) is 42.5 Å². The first-order valence-electron chi connectivity index (χ1n) is 9.65. The zero-order chi connectivity index (χ0) is 20.3. The van der Waals surface area contributed by atoms with Gasteiger partial charge in [-0.05, 0) is 36.1 Å². The number of hydrogen-bond acceptors (Lipinski definition) is 3. The minimum Gasteiger partial charge on any atom is -0.493 e. The monoisotopic (exact) mass is 380 g/mol. The Morgan fingerprint density at radius 3 is 2.50 bits per heavy atom. The van der Waals surface area contributed by atoms with Crippen LogP contribution in [0.3, 0.4) is 0 Å². The average molecular weight is 380 g/mol. The molecule has 5 heteroatoms. The zero-order valence-corrected chi connectivity index (χ0v) is 17.0. The van der Waals surface area contributed by atoms with Gasteiger partial charge in [-0.2, -0.15) is 0 Å². The summed E-state index contributed by atoms with van der Waals surface area (Å²) in [5.41, 5.74) is 3.86. The van der Waals surface area contributed by atoms with Gasteiger partial charge in [-0.15, -0.1) is 0 Å². The molecular formula is C23H28N2O3. The second kappa shape index (κ2) is 8.05. The summed E-state index contributed by atoms with van der Waals surface area (Å²) in [6.45, 7) is 8.90. The van der Waals surface area contributed by atoms with Crippen LogP contribution in [0.5, 0.6) is 5.75 Å². The van der Waals surface area contributed by atoms with E-state index < -0.39 is 0 Å². The van der Waals surface area contributed by atoms with E-state index in [9.17, 15) is 9.59 Å². The van der Waals surface area contributed by atoms with Gasteiger partial charge in [0.05, 0.1) is 19.2 Å². The first-order valence-corrected chi connectivity index (χ1v) is 9.65. The van der Waals surface area contributed by atoms with Gasteiger partial charge in [-0.25, -0.2) is 0 Å². The molecule has 0 spiro atoms. The van der Waals surface area contributed by atoms with E-state index in [2.05, 4.69) is 31.4 Å². The number of ether oxygens (including phenoxy) is 1. The van der Waals surface area contributed by atoms with Crippen LogP contribution in [0.2, 0.25) is 0 Å². The van der Waals surface area contributed by atoms with Gasteiger partial charge in [0.15, 0.2) is 0 Å². The van der Waals surface area contributed by atoms with Crippen LogP contribution < -0.4 is 15.4 Å². The number of carbonyl (C=O) groups is 2. The Labute approximate surface area is 166 Å². The van der Waals surface area contributed by atoms with Crippen LogP contribution in [0.1, 0.15) is 60.3 Å². The van der Waals surface area contributed by atoms with Gasteiger partial charge in [-0.3, -0.25) is 9.59 Å². The highest BCUT2D eigenvalue weighted by Crippen LogP contribution is 2.32. The van der Waals surface area contributed by atoms with E-state index in [1.54, 1.807) is 12.1 Å². The van der Waals surface area contributed by atoms with Gasteiger partial charge in [-0.1, -0.05) is 50.6 Å². The Hall–Kier alpha value is -2.82. The average Bonchev–Trinajstić information content (AvgIpc) is 2.66. The second-order valence-corrected chi connectivity index (χ2v) is 8.31. The van der Waals surface area contributed by atoms with Crippen molar-refractivity contribution >= 4 is 11.8 Å². The van der Waals surface area contributed by atoms with Crippen molar-refractivity contribution in [2.45, 2.75) is 45.6 Å². The topological polar surface area (TPSA) is 67.4 Å². The van der Waals surface area contributed by atoms with Gasteiger partial charge in [0.25, 0.3) is 5.91 Å². The van der Waals surface area contributed by atoms with E-state index in [1.165, 1.54) is 0 Å². The first kappa shape index (κ1) is 19.9. The molecule has 1 unspecified atom stereocenters. The van der Waals surface area contributed by atoms with Crippen LogP contribution in [0, 0.1) is 6.92 Å². The van der Waals surface area contributed by atoms with Gasteiger partial charge in [0, 0.05) is 17.5 Å². The third-order valence-electron chi connectivity index (χ3n) is 4.96. The molecule has 1 aliphatic heterocycles. The van der Waals surface area contributed by atoms with Gasteiger partial charge >= 0.3 is 0 Å².